The minimum Gasteiger partial charge on any atom is -0.495 e. The van der Waals surface area contributed by atoms with Crippen LogP contribution in [0, 0.1) is 0 Å². The maximum absolute atomic E-state index is 12.9. The number of amides is 1. The Hall–Kier alpha value is -4.02. The summed E-state index contributed by atoms with van der Waals surface area (Å²) in [7, 11) is -0.817. The highest BCUT2D eigenvalue weighted by Crippen LogP contribution is 2.41. The molecular formula is C26H26N2O7S. The molecule has 0 fully saturated rings. The van der Waals surface area contributed by atoms with Gasteiger partial charge in [-0.2, -0.15) is 0 Å². The van der Waals surface area contributed by atoms with E-state index in [9.17, 15) is 18.3 Å². The predicted octanol–water partition coefficient (Wildman–Crippen LogP) is 4.02. The third kappa shape index (κ3) is 5.00. The second-order valence-electron chi connectivity index (χ2n) is 7.90. The zero-order valence-electron chi connectivity index (χ0n) is 20.0. The molecule has 4 aromatic rings. The number of para-hydroxylation sites is 1. The number of nitrogens with one attached hydrogen (secondary N) is 1. The van der Waals surface area contributed by atoms with Crippen LogP contribution < -0.4 is 19.1 Å². The van der Waals surface area contributed by atoms with E-state index in [1.165, 1.54) is 20.2 Å². The van der Waals surface area contributed by atoms with Crippen LogP contribution in [-0.2, 0) is 10.0 Å². The number of furan rings is 1. The van der Waals surface area contributed by atoms with Crippen LogP contribution in [0.1, 0.15) is 10.4 Å². The van der Waals surface area contributed by atoms with Gasteiger partial charge in [0.1, 0.15) is 28.6 Å². The highest BCUT2D eigenvalue weighted by molar-refractivity contribution is 7.92. The summed E-state index contributed by atoms with van der Waals surface area (Å²) >= 11 is 0. The van der Waals surface area contributed by atoms with E-state index >= 15 is 0 Å². The Bertz CT molecular complexity index is 1480. The molecule has 2 N–H and O–H groups in total. The molecule has 36 heavy (non-hydrogen) atoms. The molecule has 4 rings (SSSR count). The topological polar surface area (TPSA) is 118 Å². The summed E-state index contributed by atoms with van der Waals surface area (Å²) in [6, 6.07) is 19.5. The Labute approximate surface area is 208 Å². The molecule has 0 spiro atoms. The molecule has 0 aliphatic heterocycles. The van der Waals surface area contributed by atoms with Crippen molar-refractivity contribution < 1.29 is 32.2 Å². The lowest BCUT2D eigenvalue weighted by molar-refractivity contribution is 0.0964. The molecule has 188 valence electrons. The minimum absolute atomic E-state index is 0.167. The van der Waals surface area contributed by atoms with Gasteiger partial charge in [0.25, 0.3) is 5.91 Å². The summed E-state index contributed by atoms with van der Waals surface area (Å²) in [5.41, 5.74) is 1.38. The maximum atomic E-state index is 12.9. The Balaban J connectivity index is 1.83. The van der Waals surface area contributed by atoms with E-state index in [0.717, 1.165) is 10.6 Å². The molecule has 3 aromatic carbocycles. The van der Waals surface area contributed by atoms with Gasteiger partial charge in [-0.25, -0.2) is 8.42 Å². The lowest BCUT2D eigenvalue weighted by atomic mass is 10.0. The van der Waals surface area contributed by atoms with Gasteiger partial charge in [0.05, 0.1) is 37.8 Å². The van der Waals surface area contributed by atoms with Gasteiger partial charge in [-0.1, -0.05) is 18.2 Å². The highest BCUT2D eigenvalue weighted by atomic mass is 32.2. The summed E-state index contributed by atoms with van der Waals surface area (Å²) in [6.07, 6.45) is 1.04. The number of sulfonamides is 1. The van der Waals surface area contributed by atoms with Crippen LogP contribution in [0.2, 0.25) is 0 Å². The fourth-order valence-electron chi connectivity index (χ4n) is 3.88. The first-order chi connectivity index (χ1) is 17.3. The van der Waals surface area contributed by atoms with E-state index in [0.29, 0.717) is 28.2 Å². The average molecular weight is 511 g/mol. The van der Waals surface area contributed by atoms with Crippen molar-refractivity contribution in [2.75, 3.05) is 37.9 Å². The molecule has 0 unspecified atom stereocenters. The number of hydrogen-bond acceptors (Lipinski definition) is 7. The van der Waals surface area contributed by atoms with Crippen molar-refractivity contribution in [3.8, 4) is 28.6 Å². The van der Waals surface area contributed by atoms with Crippen LogP contribution in [0.15, 0.2) is 71.1 Å². The van der Waals surface area contributed by atoms with E-state index in [2.05, 4.69) is 5.32 Å². The molecule has 0 saturated carbocycles. The highest BCUT2D eigenvalue weighted by Gasteiger charge is 2.27. The van der Waals surface area contributed by atoms with Crippen LogP contribution in [-0.4, -0.2) is 53.0 Å². The summed E-state index contributed by atoms with van der Waals surface area (Å²) in [5.74, 6) is 1.45. The number of methoxy groups -OCH3 is 1. The molecule has 1 heterocycles. The number of benzene rings is 3. The van der Waals surface area contributed by atoms with Gasteiger partial charge in [0.2, 0.25) is 10.0 Å². The molecule has 9 nitrogen and oxygen atoms in total. The normalized spacial score (nSPS) is 11.3. The Morgan fingerprint density at radius 3 is 2.31 bits per heavy atom. The number of fused-ring (bicyclic) bond motifs is 1. The SMILES string of the molecule is CNC(=O)c1c(-c2ccc(Oc3ccccc3)cc2)oc2cc(N(CCO)S(C)(=O)=O)c(OC)cc12. The second-order valence-corrected chi connectivity index (χ2v) is 9.81. The zero-order chi connectivity index (χ0) is 25.9. The molecule has 0 bridgehead atoms. The van der Waals surface area contributed by atoms with E-state index < -0.39 is 16.6 Å². The standard InChI is InChI=1S/C26H26N2O7S/c1-27-26(30)24-20-15-23(33-2)21(28(13-14-29)36(3,31)32)16-22(20)35-25(24)17-9-11-19(12-10-17)34-18-7-5-4-6-8-18/h4-12,15-16,29H,13-14H2,1-3H3,(H,27,30). The number of carbonyl (C=O) groups excluding carboxylic acids is 1. The third-order valence-electron chi connectivity index (χ3n) is 5.51. The Kier molecular flexibility index (Phi) is 7.18. The van der Waals surface area contributed by atoms with E-state index in [1.807, 2.05) is 30.3 Å². The van der Waals surface area contributed by atoms with Crippen molar-refractivity contribution in [2.45, 2.75) is 0 Å². The molecular weight excluding hydrogens is 484 g/mol. The second kappa shape index (κ2) is 10.3. The number of aliphatic hydroxyl groups is 1. The van der Waals surface area contributed by atoms with Crippen molar-refractivity contribution in [3.05, 3.63) is 72.3 Å². The summed E-state index contributed by atoms with van der Waals surface area (Å²) in [5, 5.41) is 12.5. The van der Waals surface area contributed by atoms with E-state index in [-0.39, 0.29) is 35.0 Å². The van der Waals surface area contributed by atoms with Crippen LogP contribution in [0.25, 0.3) is 22.3 Å². The van der Waals surface area contributed by atoms with Crippen molar-refractivity contribution in [3.63, 3.8) is 0 Å². The molecule has 0 aliphatic carbocycles. The quantitative estimate of drug-likeness (QED) is 0.349. The first kappa shape index (κ1) is 25.1. The first-order valence-electron chi connectivity index (χ1n) is 11.0. The van der Waals surface area contributed by atoms with Crippen molar-refractivity contribution in [2.24, 2.45) is 0 Å². The predicted molar refractivity (Wildman–Crippen MR) is 137 cm³/mol. The summed E-state index contributed by atoms with van der Waals surface area (Å²) in [6.45, 7) is -0.558. The summed E-state index contributed by atoms with van der Waals surface area (Å²) in [4.78, 5) is 12.9. The van der Waals surface area contributed by atoms with Gasteiger partial charge in [-0.3, -0.25) is 9.10 Å². The molecule has 1 aromatic heterocycles. The smallest absolute Gasteiger partial charge is 0.255 e. The monoisotopic (exact) mass is 510 g/mol. The van der Waals surface area contributed by atoms with Crippen LogP contribution >= 0.6 is 0 Å². The largest absolute Gasteiger partial charge is 0.495 e. The lowest BCUT2D eigenvalue weighted by Gasteiger charge is -2.23. The molecule has 0 aliphatic rings. The maximum Gasteiger partial charge on any atom is 0.255 e. The number of anilines is 1. The van der Waals surface area contributed by atoms with Crippen molar-refractivity contribution >= 4 is 32.6 Å². The molecule has 0 radical (unpaired) electrons. The Morgan fingerprint density at radius 2 is 1.72 bits per heavy atom. The van der Waals surface area contributed by atoms with Crippen molar-refractivity contribution in [1.29, 1.82) is 0 Å². The first-order valence-corrected chi connectivity index (χ1v) is 12.9. The molecule has 0 atom stereocenters. The molecule has 1 amide bonds. The van der Waals surface area contributed by atoms with Crippen molar-refractivity contribution in [1.82, 2.24) is 5.32 Å². The number of ether oxygens (including phenoxy) is 2. The van der Waals surface area contributed by atoms with Gasteiger partial charge in [-0.15, -0.1) is 0 Å². The van der Waals surface area contributed by atoms with E-state index in [1.54, 1.807) is 30.3 Å². The van der Waals surface area contributed by atoms with Crippen LogP contribution in [0.3, 0.4) is 0 Å². The van der Waals surface area contributed by atoms with Crippen LogP contribution in [0.4, 0.5) is 5.69 Å². The number of hydrogen-bond donors (Lipinski definition) is 2. The third-order valence-corrected chi connectivity index (χ3v) is 6.69. The van der Waals surface area contributed by atoms with Gasteiger partial charge >= 0.3 is 0 Å². The van der Waals surface area contributed by atoms with Crippen LogP contribution in [0.5, 0.6) is 17.2 Å². The fourth-order valence-corrected chi connectivity index (χ4v) is 4.79. The fraction of sp³-hybridized carbons (Fsp3) is 0.192. The molecule has 0 saturated heterocycles. The minimum atomic E-state index is -3.73. The number of nitrogens with zero attached hydrogens (tertiary/aromatic N) is 1. The van der Waals surface area contributed by atoms with Gasteiger partial charge < -0.3 is 24.3 Å². The van der Waals surface area contributed by atoms with Gasteiger partial charge in [0.15, 0.2) is 0 Å². The number of aliphatic hydroxyl groups excluding tert-OH is 1. The van der Waals surface area contributed by atoms with Gasteiger partial charge in [-0.05, 0) is 42.5 Å². The number of rotatable bonds is 9. The zero-order valence-corrected chi connectivity index (χ0v) is 20.8. The summed E-state index contributed by atoms with van der Waals surface area (Å²) < 4.78 is 43.2. The van der Waals surface area contributed by atoms with E-state index in [4.69, 9.17) is 13.9 Å². The number of carbonyl (C=O) groups is 1. The lowest BCUT2D eigenvalue weighted by Crippen LogP contribution is -2.32. The average Bonchev–Trinajstić information content (AvgIpc) is 3.24. The Morgan fingerprint density at radius 1 is 1.06 bits per heavy atom. The molecule has 10 heteroatoms. The van der Waals surface area contributed by atoms with Gasteiger partial charge in [0, 0.05) is 24.1 Å².